The highest BCUT2D eigenvalue weighted by Crippen LogP contribution is 2.30. The van der Waals surface area contributed by atoms with Crippen molar-refractivity contribution in [1.29, 1.82) is 0 Å². The van der Waals surface area contributed by atoms with Gasteiger partial charge in [-0.1, -0.05) is 18.6 Å². The third-order valence-electron chi connectivity index (χ3n) is 5.76. The molecular weight excluding hydrogens is 302 g/mol. The van der Waals surface area contributed by atoms with E-state index in [1.165, 1.54) is 13.1 Å². The standard InChI is InChI=1S/C19H25N3O2/c23-18-9-13(19(24)15-6-1-2-7-16(15)21-18)5-3-4-8-22-12-14-10-20-11-17(14)22/h1-2,6-7,13-14,17,20H,3-5,8-12H2,(H,21,23)/t13?,14-,17+/m1/s1. The fourth-order valence-electron chi connectivity index (χ4n) is 4.37. The highest BCUT2D eigenvalue weighted by atomic mass is 16.2. The lowest BCUT2D eigenvalue weighted by Gasteiger charge is -2.43. The predicted molar refractivity (Wildman–Crippen MR) is 93.1 cm³/mol. The highest BCUT2D eigenvalue weighted by molar-refractivity contribution is 6.10. The number of nitrogens with zero attached hydrogens (tertiary/aromatic N) is 1. The summed E-state index contributed by atoms with van der Waals surface area (Å²) < 4.78 is 0. The Balaban J connectivity index is 1.29. The molecule has 24 heavy (non-hydrogen) atoms. The molecule has 1 amide bonds. The minimum atomic E-state index is -0.175. The van der Waals surface area contributed by atoms with Gasteiger partial charge in [-0.25, -0.2) is 0 Å². The van der Waals surface area contributed by atoms with Crippen molar-refractivity contribution in [2.24, 2.45) is 11.8 Å². The molecule has 0 radical (unpaired) electrons. The number of unbranched alkanes of at least 4 members (excludes halogenated alkanes) is 1. The Hall–Kier alpha value is -1.72. The van der Waals surface area contributed by atoms with Crippen LogP contribution in [0.2, 0.25) is 0 Å². The average molecular weight is 327 g/mol. The van der Waals surface area contributed by atoms with Crippen molar-refractivity contribution in [3.05, 3.63) is 29.8 Å². The van der Waals surface area contributed by atoms with Crippen LogP contribution in [0, 0.1) is 11.8 Å². The number of para-hydroxylation sites is 1. The van der Waals surface area contributed by atoms with E-state index < -0.39 is 0 Å². The van der Waals surface area contributed by atoms with Crippen molar-refractivity contribution in [3.63, 3.8) is 0 Å². The fraction of sp³-hybridized carbons (Fsp3) is 0.579. The maximum Gasteiger partial charge on any atom is 0.225 e. The van der Waals surface area contributed by atoms with Crippen LogP contribution in [-0.4, -0.2) is 48.8 Å². The SMILES string of the molecule is O=C1CC(CCCCN2C[C@H]3CNC[C@@H]32)C(=O)c2ccccc2N1. The van der Waals surface area contributed by atoms with Crippen molar-refractivity contribution in [2.45, 2.75) is 31.7 Å². The van der Waals surface area contributed by atoms with Gasteiger partial charge in [0.15, 0.2) is 5.78 Å². The van der Waals surface area contributed by atoms with Gasteiger partial charge >= 0.3 is 0 Å². The molecule has 0 aromatic heterocycles. The van der Waals surface area contributed by atoms with Gasteiger partial charge < -0.3 is 10.6 Å². The summed E-state index contributed by atoms with van der Waals surface area (Å²) in [7, 11) is 0. The van der Waals surface area contributed by atoms with Crippen molar-refractivity contribution in [1.82, 2.24) is 10.2 Å². The average Bonchev–Trinajstić information content (AvgIpc) is 2.88. The molecule has 3 atom stereocenters. The second kappa shape index (κ2) is 6.65. The van der Waals surface area contributed by atoms with Crippen molar-refractivity contribution in [2.75, 3.05) is 31.5 Å². The summed E-state index contributed by atoms with van der Waals surface area (Å²) in [6.07, 6.45) is 3.23. The van der Waals surface area contributed by atoms with Gasteiger partial charge in [0, 0.05) is 49.5 Å². The lowest BCUT2D eigenvalue weighted by Crippen LogP contribution is -2.55. The molecule has 2 fully saturated rings. The van der Waals surface area contributed by atoms with E-state index in [0.29, 0.717) is 17.7 Å². The van der Waals surface area contributed by atoms with E-state index in [1.807, 2.05) is 24.3 Å². The summed E-state index contributed by atoms with van der Waals surface area (Å²) in [5, 5.41) is 6.31. The van der Waals surface area contributed by atoms with Gasteiger partial charge in [-0.3, -0.25) is 14.5 Å². The Kier molecular flexibility index (Phi) is 4.37. The Labute approximate surface area is 142 Å². The molecule has 1 aromatic carbocycles. The first-order valence-electron chi connectivity index (χ1n) is 9.10. The van der Waals surface area contributed by atoms with E-state index >= 15 is 0 Å². The lowest BCUT2D eigenvalue weighted by atomic mass is 9.89. The van der Waals surface area contributed by atoms with E-state index in [1.54, 1.807) is 0 Å². The quantitative estimate of drug-likeness (QED) is 0.811. The van der Waals surface area contributed by atoms with E-state index in [2.05, 4.69) is 15.5 Å². The van der Waals surface area contributed by atoms with Gasteiger partial charge in [0.25, 0.3) is 0 Å². The lowest BCUT2D eigenvalue weighted by molar-refractivity contribution is -0.116. The maximum atomic E-state index is 12.7. The number of hydrogen-bond donors (Lipinski definition) is 2. The maximum absolute atomic E-state index is 12.7. The molecule has 0 bridgehead atoms. The van der Waals surface area contributed by atoms with Crippen LogP contribution < -0.4 is 10.6 Å². The fourth-order valence-corrected chi connectivity index (χ4v) is 4.37. The number of ketones is 1. The molecule has 1 unspecified atom stereocenters. The zero-order valence-electron chi connectivity index (χ0n) is 14.0. The van der Waals surface area contributed by atoms with Crippen LogP contribution in [0.5, 0.6) is 0 Å². The molecule has 0 aliphatic carbocycles. The van der Waals surface area contributed by atoms with Gasteiger partial charge in [0.1, 0.15) is 0 Å². The van der Waals surface area contributed by atoms with Crippen LogP contribution in [0.3, 0.4) is 0 Å². The topological polar surface area (TPSA) is 61.4 Å². The number of fused-ring (bicyclic) bond motifs is 2. The minimum absolute atomic E-state index is 0.0408. The summed E-state index contributed by atoms with van der Waals surface area (Å²) in [5.74, 6) is 0.758. The predicted octanol–water partition coefficient (Wildman–Crippen LogP) is 1.90. The number of rotatable bonds is 5. The van der Waals surface area contributed by atoms with E-state index in [9.17, 15) is 9.59 Å². The van der Waals surface area contributed by atoms with Gasteiger partial charge in [-0.2, -0.15) is 0 Å². The smallest absolute Gasteiger partial charge is 0.225 e. The normalized spacial score (nSPS) is 29.4. The molecular formula is C19H25N3O2. The monoisotopic (exact) mass is 327 g/mol. The number of amides is 1. The molecule has 3 aliphatic rings. The molecule has 128 valence electrons. The van der Waals surface area contributed by atoms with E-state index in [0.717, 1.165) is 44.3 Å². The van der Waals surface area contributed by atoms with Crippen LogP contribution >= 0.6 is 0 Å². The molecule has 0 spiro atoms. The highest BCUT2D eigenvalue weighted by Gasteiger charge is 2.41. The largest absolute Gasteiger partial charge is 0.325 e. The zero-order valence-corrected chi connectivity index (χ0v) is 14.0. The molecule has 0 saturated carbocycles. The van der Waals surface area contributed by atoms with Gasteiger partial charge in [-0.05, 0) is 31.5 Å². The summed E-state index contributed by atoms with van der Waals surface area (Å²) in [4.78, 5) is 27.3. The molecule has 5 nitrogen and oxygen atoms in total. The van der Waals surface area contributed by atoms with Crippen LogP contribution in [0.1, 0.15) is 36.0 Å². The van der Waals surface area contributed by atoms with Crippen LogP contribution in [0.4, 0.5) is 5.69 Å². The molecule has 4 rings (SSSR count). The number of nitrogens with one attached hydrogen (secondary N) is 2. The molecule has 3 aliphatic heterocycles. The van der Waals surface area contributed by atoms with E-state index in [-0.39, 0.29) is 17.6 Å². The van der Waals surface area contributed by atoms with Crippen LogP contribution in [0.15, 0.2) is 24.3 Å². The van der Waals surface area contributed by atoms with Gasteiger partial charge in [0.2, 0.25) is 5.91 Å². The van der Waals surface area contributed by atoms with Crippen molar-refractivity contribution >= 4 is 17.4 Å². The first kappa shape index (κ1) is 15.8. The molecule has 1 aromatic rings. The molecule has 2 N–H and O–H groups in total. The zero-order chi connectivity index (χ0) is 16.5. The number of Topliss-reactive ketones (excluding diaryl/α,β-unsaturated/α-hetero) is 1. The number of carbonyl (C=O) groups excluding carboxylic acids is 2. The number of carbonyl (C=O) groups is 2. The first-order chi connectivity index (χ1) is 11.7. The molecule has 3 heterocycles. The van der Waals surface area contributed by atoms with Gasteiger partial charge in [-0.15, -0.1) is 0 Å². The van der Waals surface area contributed by atoms with E-state index in [4.69, 9.17) is 0 Å². The van der Waals surface area contributed by atoms with Crippen LogP contribution in [-0.2, 0) is 4.79 Å². The number of likely N-dealkylation sites (tertiary alicyclic amines) is 1. The second-order valence-electron chi connectivity index (χ2n) is 7.34. The summed E-state index contributed by atoms with van der Waals surface area (Å²) in [6.45, 7) is 4.64. The van der Waals surface area contributed by atoms with Crippen molar-refractivity contribution in [3.8, 4) is 0 Å². The van der Waals surface area contributed by atoms with Crippen molar-refractivity contribution < 1.29 is 9.59 Å². The third kappa shape index (κ3) is 2.98. The minimum Gasteiger partial charge on any atom is -0.325 e. The summed E-state index contributed by atoms with van der Waals surface area (Å²) in [6, 6.07) is 8.08. The Morgan fingerprint density at radius 3 is 2.88 bits per heavy atom. The number of benzene rings is 1. The molecule has 2 saturated heterocycles. The summed E-state index contributed by atoms with van der Waals surface area (Å²) >= 11 is 0. The first-order valence-corrected chi connectivity index (χ1v) is 9.10. The Morgan fingerprint density at radius 2 is 2.00 bits per heavy atom. The third-order valence-corrected chi connectivity index (χ3v) is 5.76. The molecule has 5 heteroatoms. The Morgan fingerprint density at radius 1 is 1.12 bits per heavy atom. The number of hydrogen-bond acceptors (Lipinski definition) is 4. The Bertz CT molecular complexity index is 645. The van der Waals surface area contributed by atoms with Crippen LogP contribution in [0.25, 0.3) is 0 Å². The van der Waals surface area contributed by atoms with Gasteiger partial charge in [0.05, 0.1) is 5.69 Å². The number of anilines is 1. The summed E-state index contributed by atoms with van der Waals surface area (Å²) in [5.41, 5.74) is 1.33. The second-order valence-corrected chi connectivity index (χ2v) is 7.34.